The molecule has 0 heterocycles. The second kappa shape index (κ2) is 13.0. The van der Waals surface area contributed by atoms with Gasteiger partial charge in [0.25, 0.3) is 10.0 Å². The molecule has 0 bridgehead atoms. The Morgan fingerprint density at radius 1 is 0.947 bits per heavy atom. The van der Waals surface area contributed by atoms with E-state index < -0.39 is 34.4 Å². The first-order valence-corrected chi connectivity index (χ1v) is 14.0. The molecule has 3 aromatic rings. The first-order chi connectivity index (χ1) is 18.1. The SMILES string of the molecule is CC[C@H](C(=O)NC)N(Cc1c(Cl)cccc1Cl)C(=O)CN(c1ccccc1)S(=O)(=O)c1ccc(OC)cc1. The van der Waals surface area contributed by atoms with E-state index >= 15 is 0 Å². The van der Waals surface area contributed by atoms with Gasteiger partial charge in [0.1, 0.15) is 18.3 Å². The lowest BCUT2D eigenvalue weighted by Gasteiger charge is -2.33. The van der Waals surface area contributed by atoms with Gasteiger partial charge in [0.2, 0.25) is 11.8 Å². The lowest BCUT2D eigenvalue weighted by atomic mass is 10.1. The number of halogens is 2. The van der Waals surface area contributed by atoms with Crippen molar-refractivity contribution in [1.82, 2.24) is 10.2 Å². The molecule has 0 radical (unpaired) electrons. The fraction of sp³-hybridized carbons (Fsp3) is 0.259. The molecule has 0 fully saturated rings. The summed E-state index contributed by atoms with van der Waals surface area (Å²) in [5, 5.41) is 3.23. The Morgan fingerprint density at radius 2 is 1.55 bits per heavy atom. The van der Waals surface area contributed by atoms with E-state index in [1.54, 1.807) is 55.5 Å². The second-order valence-electron chi connectivity index (χ2n) is 8.28. The minimum Gasteiger partial charge on any atom is -0.497 e. The highest BCUT2D eigenvalue weighted by molar-refractivity contribution is 7.92. The van der Waals surface area contributed by atoms with Gasteiger partial charge in [-0.1, -0.05) is 54.4 Å². The Hall–Kier alpha value is -3.27. The van der Waals surface area contributed by atoms with Gasteiger partial charge in [-0.25, -0.2) is 8.42 Å². The van der Waals surface area contributed by atoms with E-state index in [0.29, 0.717) is 27.0 Å². The van der Waals surface area contributed by atoms with Crippen molar-refractivity contribution in [1.29, 1.82) is 0 Å². The standard InChI is InChI=1S/C27H29Cl2N3O5S/c1-4-25(27(34)30-2)31(17-22-23(28)11-8-12-24(22)29)26(33)18-32(19-9-6-5-7-10-19)38(35,36)21-15-13-20(37-3)14-16-21/h5-16,25H,4,17-18H2,1-3H3,(H,30,34)/t25-/m1/s1. The van der Waals surface area contributed by atoms with Crippen molar-refractivity contribution in [3.05, 3.63) is 88.4 Å². The average molecular weight is 579 g/mol. The summed E-state index contributed by atoms with van der Waals surface area (Å²) in [5.41, 5.74) is 0.746. The number of carbonyl (C=O) groups excluding carboxylic acids is 2. The summed E-state index contributed by atoms with van der Waals surface area (Å²) in [4.78, 5) is 27.9. The maximum Gasteiger partial charge on any atom is 0.264 e. The van der Waals surface area contributed by atoms with Gasteiger partial charge in [-0.3, -0.25) is 13.9 Å². The third kappa shape index (κ3) is 6.59. The van der Waals surface area contributed by atoms with Crippen LogP contribution in [0, 0.1) is 0 Å². The number of rotatable bonds is 11. The Bertz CT molecular complexity index is 1350. The molecule has 0 aliphatic heterocycles. The summed E-state index contributed by atoms with van der Waals surface area (Å²) in [6.45, 7) is 1.11. The van der Waals surface area contributed by atoms with Crippen LogP contribution >= 0.6 is 23.2 Å². The third-order valence-electron chi connectivity index (χ3n) is 5.99. The maximum absolute atomic E-state index is 13.9. The molecule has 0 unspecified atom stereocenters. The Labute approximate surface area is 233 Å². The van der Waals surface area contributed by atoms with E-state index in [2.05, 4.69) is 5.32 Å². The number of hydrogen-bond donors (Lipinski definition) is 1. The van der Waals surface area contributed by atoms with Crippen molar-refractivity contribution in [2.75, 3.05) is 25.0 Å². The number of hydrogen-bond acceptors (Lipinski definition) is 5. The summed E-state index contributed by atoms with van der Waals surface area (Å²) in [6, 6.07) is 18.2. The zero-order chi connectivity index (χ0) is 27.9. The minimum atomic E-state index is -4.18. The first kappa shape index (κ1) is 29.3. The average Bonchev–Trinajstić information content (AvgIpc) is 2.93. The molecule has 3 aromatic carbocycles. The van der Waals surface area contributed by atoms with E-state index in [-0.39, 0.29) is 17.9 Å². The monoisotopic (exact) mass is 577 g/mol. The van der Waals surface area contributed by atoms with Gasteiger partial charge in [0, 0.05) is 29.2 Å². The Morgan fingerprint density at radius 3 is 2.08 bits per heavy atom. The third-order valence-corrected chi connectivity index (χ3v) is 8.49. The largest absolute Gasteiger partial charge is 0.497 e. The highest BCUT2D eigenvalue weighted by Gasteiger charge is 2.34. The zero-order valence-electron chi connectivity index (χ0n) is 21.2. The fourth-order valence-electron chi connectivity index (χ4n) is 3.94. The summed E-state index contributed by atoms with van der Waals surface area (Å²) < 4.78 is 33.7. The van der Waals surface area contributed by atoms with Gasteiger partial charge in [0.15, 0.2) is 0 Å². The van der Waals surface area contributed by atoms with Crippen LogP contribution in [0.4, 0.5) is 5.69 Å². The van der Waals surface area contributed by atoms with Crippen molar-refractivity contribution in [3.8, 4) is 5.75 Å². The van der Waals surface area contributed by atoms with Gasteiger partial charge < -0.3 is 15.0 Å². The highest BCUT2D eigenvalue weighted by Crippen LogP contribution is 2.29. The van der Waals surface area contributed by atoms with Crippen molar-refractivity contribution < 1.29 is 22.7 Å². The maximum atomic E-state index is 13.9. The van der Waals surface area contributed by atoms with Crippen molar-refractivity contribution in [2.24, 2.45) is 0 Å². The Balaban J connectivity index is 2.07. The number of anilines is 1. The first-order valence-electron chi connectivity index (χ1n) is 11.8. The van der Waals surface area contributed by atoms with Gasteiger partial charge in [0.05, 0.1) is 17.7 Å². The molecule has 1 atom stereocenters. The number of nitrogens with zero attached hydrogens (tertiary/aromatic N) is 2. The van der Waals surface area contributed by atoms with Crippen molar-refractivity contribution in [3.63, 3.8) is 0 Å². The molecular formula is C27H29Cl2N3O5S. The predicted molar refractivity (Wildman–Crippen MR) is 149 cm³/mol. The van der Waals surface area contributed by atoms with E-state index in [1.807, 2.05) is 0 Å². The highest BCUT2D eigenvalue weighted by atomic mass is 35.5. The quantitative estimate of drug-likeness (QED) is 0.354. The summed E-state index contributed by atoms with van der Waals surface area (Å²) >= 11 is 12.8. The van der Waals surface area contributed by atoms with Gasteiger partial charge >= 0.3 is 0 Å². The van der Waals surface area contributed by atoms with Crippen LogP contribution in [0.25, 0.3) is 0 Å². The summed E-state index contributed by atoms with van der Waals surface area (Å²) in [5.74, 6) is -0.504. The van der Waals surface area contributed by atoms with Crippen LogP contribution in [0.15, 0.2) is 77.7 Å². The number of benzene rings is 3. The van der Waals surface area contributed by atoms with Crippen LogP contribution in [-0.4, -0.2) is 51.9 Å². The lowest BCUT2D eigenvalue weighted by Crippen LogP contribution is -2.51. The number of sulfonamides is 1. The zero-order valence-corrected chi connectivity index (χ0v) is 23.6. The predicted octanol–water partition coefficient (Wildman–Crippen LogP) is 4.75. The number of carbonyl (C=O) groups is 2. The number of para-hydroxylation sites is 1. The molecule has 0 aliphatic carbocycles. The number of nitrogens with one attached hydrogen (secondary N) is 1. The van der Waals surface area contributed by atoms with Gasteiger partial charge in [-0.15, -0.1) is 0 Å². The molecule has 11 heteroatoms. The number of ether oxygens (including phenoxy) is 1. The van der Waals surface area contributed by atoms with Gasteiger partial charge in [-0.05, 0) is 55.0 Å². The molecule has 38 heavy (non-hydrogen) atoms. The molecule has 0 saturated heterocycles. The van der Waals surface area contributed by atoms with E-state index in [0.717, 1.165) is 4.31 Å². The molecular weight excluding hydrogens is 549 g/mol. The molecule has 3 rings (SSSR count). The van der Waals surface area contributed by atoms with Crippen LogP contribution < -0.4 is 14.4 Å². The minimum absolute atomic E-state index is 0.0194. The van der Waals surface area contributed by atoms with E-state index in [1.165, 1.54) is 43.3 Å². The summed E-state index contributed by atoms with van der Waals surface area (Å²) in [6.07, 6.45) is 0.282. The number of methoxy groups -OCH3 is 1. The molecule has 8 nitrogen and oxygen atoms in total. The van der Waals surface area contributed by atoms with E-state index in [9.17, 15) is 18.0 Å². The molecule has 0 aliphatic rings. The topological polar surface area (TPSA) is 96.0 Å². The second-order valence-corrected chi connectivity index (χ2v) is 11.0. The normalized spacial score (nSPS) is 11.9. The van der Waals surface area contributed by atoms with E-state index in [4.69, 9.17) is 27.9 Å². The van der Waals surface area contributed by atoms with Crippen LogP contribution in [0.2, 0.25) is 10.0 Å². The van der Waals surface area contributed by atoms with Crippen LogP contribution in [0.5, 0.6) is 5.75 Å². The van der Waals surface area contributed by atoms with Crippen LogP contribution in [0.3, 0.4) is 0 Å². The number of likely N-dealkylation sites (N-methyl/N-ethyl adjacent to an activating group) is 1. The smallest absolute Gasteiger partial charge is 0.264 e. The van der Waals surface area contributed by atoms with Crippen LogP contribution in [-0.2, 0) is 26.2 Å². The number of amides is 2. The molecule has 2 amide bonds. The summed E-state index contributed by atoms with van der Waals surface area (Å²) in [7, 11) is -1.22. The van der Waals surface area contributed by atoms with Crippen molar-refractivity contribution >= 4 is 50.7 Å². The molecule has 202 valence electrons. The molecule has 1 N–H and O–H groups in total. The molecule has 0 saturated carbocycles. The molecule has 0 aromatic heterocycles. The molecule has 0 spiro atoms. The van der Waals surface area contributed by atoms with Gasteiger partial charge in [-0.2, -0.15) is 0 Å². The van der Waals surface area contributed by atoms with Crippen molar-refractivity contribution in [2.45, 2.75) is 30.8 Å². The lowest BCUT2D eigenvalue weighted by molar-refractivity contribution is -0.140. The fourth-order valence-corrected chi connectivity index (χ4v) is 5.87. The van der Waals surface area contributed by atoms with Crippen LogP contribution in [0.1, 0.15) is 18.9 Å². The Kier molecular flexibility index (Phi) is 10.0.